The van der Waals surface area contributed by atoms with E-state index in [4.69, 9.17) is 24.8 Å². The van der Waals surface area contributed by atoms with Crippen molar-refractivity contribution in [3.8, 4) is 33.9 Å². The molecule has 1 atom stereocenters. The molecule has 0 fully saturated rings. The van der Waals surface area contributed by atoms with Crippen LogP contribution in [-0.2, 0) is 24.3 Å². The lowest BCUT2D eigenvalue weighted by Gasteiger charge is -2.31. The van der Waals surface area contributed by atoms with Crippen LogP contribution in [-0.4, -0.2) is 62.2 Å². The van der Waals surface area contributed by atoms with Crippen LogP contribution >= 0.6 is 0 Å². The number of tetrazole rings is 1. The Bertz CT molecular complexity index is 3440. The Morgan fingerprint density at radius 3 is 2.10 bits per heavy atom. The number of aromatic nitrogens is 10. The molecule has 0 radical (unpaired) electrons. The molecule has 0 saturated carbocycles. The minimum atomic E-state index is -0.468. The van der Waals surface area contributed by atoms with Crippen molar-refractivity contribution in [2.75, 3.05) is 9.96 Å². The smallest absolute Gasteiger partial charge is 0.333 e. The second kappa shape index (κ2) is 18.5. The summed E-state index contributed by atoms with van der Waals surface area (Å²) in [6, 6.07) is 44.1. The Kier molecular flexibility index (Phi) is 11.5. The molecule has 1 N–H and O–H groups in total. The van der Waals surface area contributed by atoms with Crippen LogP contribution in [0.25, 0.3) is 66.9 Å². The highest BCUT2D eigenvalue weighted by molar-refractivity contribution is 5.98. The maximum atomic E-state index is 14.5. The van der Waals surface area contributed by atoms with E-state index in [1.54, 1.807) is 11.3 Å². The summed E-state index contributed by atoms with van der Waals surface area (Å²) in [5.74, 6) is 1.85. The van der Waals surface area contributed by atoms with Crippen LogP contribution in [0.3, 0.4) is 0 Å². The van der Waals surface area contributed by atoms with Crippen LogP contribution in [0.5, 0.6) is 0 Å². The second-order valence-corrected chi connectivity index (χ2v) is 17.1. The Morgan fingerprint density at radius 2 is 1.35 bits per heavy atom. The van der Waals surface area contributed by atoms with Crippen LogP contribution in [0.4, 0.5) is 11.5 Å². The Labute approximate surface area is 392 Å². The van der Waals surface area contributed by atoms with Gasteiger partial charge in [0.05, 0.1) is 34.5 Å². The number of anilines is 2. The standard InChI is InChI=1S/C54H48N12O2/c1-3-5-19-49-59-47-17-11-29-55-52(47)64(49)33-35-21-25-44-37(31-35)24-28-46(58-44)40-14-8-10-16-42(40)54(67)68-66-48-18-12-30-56-53(48)65(50(66)20-6-4-2)34-36-22-26-43-38(32-36)23-27-45(57-43)39-13-7-9-15-41(39)51-60-62-63-61-51/h7-18,21-32,50H,3-6,19-20,33-34H2,1-2H3,(H,60,61,62,63). The summed E-state index contributed by atoms with van der Waals surface area (Å²) in [7, 11) is 0. The van der Waals surface area contributed by atoms with Gasteiger partial charge >= 0.3 is 5.97 Å². The first kappa shape index (κ1) is 42.3. The van der Waals surface area contributed by atoms with E-state index in [0.29, 0.717) is 35.7 Å². The van der Waals surface area contributed by atoms with Crippen LogP contribution in [0, 0.1) is 0 Å². The van der Waals surface area contributed by atoms with E-state index in [2.05, 4.69) is 97.5 Å². The van der Waals surface area contributed by atoms with Gasteiger partial charge in [-0.05, 0) is 102 Å². The van der Waals surface area contributed by atoms with E-state index in [-0.39, 0.29) is 6.17 Å². The molecule has 4 aromatic carbocycles. The number of hydrogen-bond acceptors (Lipinski definition) is 12. The van der Waals surface area contributed by atoms with Crippen LogP contribution in [0.15, 0.2) is 146 Å². The molecule has 14 heteroatoms. The molecule has 0 saturated heterocycles. The number of carbonyl (C=O) groups is 1. The number of imidazole rings is 1. The molecule has 1 unspecified atom stereocenters. The first-order chi connectivity index (χ1) is 33.5. The Morgan fingerprint density at radius 1 is 0.662 bits per heavy atom. The third-order valence-electron chi connectivity index (χ3n) is 12.7. The Balaban J connectivity index is 0.847. The lowest BCUT2D eigenvalue weighted by molar-refractivity contribution is 0.0408. The fraction of sp³-hybridized carbons (Fsp3) is 0.204. The van der Waals surface area contributed by atoms with Gasteiger partial charge in [0.15, 0.2) is 11.5 Å². The summed E-state index contributed by atoms with van der Waals surface area (Å²) in [5.41, 5.74) is 10.9. The van der Waals surface area contributed by atoms with Gasteiger partial charge in [-0.3, -0.25) is 0 Å². The second-order valence-electron chi connectivity index (χ2n) is 17.1. The summed E-state index contributed by atoms with van der Waals surface area (Å²) < 4.78 is 2.23. The van der Waals surface area contributed by atoms with E-state index < -0.39 is 5.97 Å². The molecular weight excluding hydrogens is 849 g/mol. The minimum Gasteiger partial charge on any atom is -0.333 e. The summed E-state index contributed by atoms with van der Waals surface area (Å²) >= 11 is 0. The molecule has 7 heterocycles. The van der Waals surface area contributed by atoms with Crippen LogP contribution in [0.2, 0.25) is 0 Å². The fourth-order valence-corrected chi connectivity index (χ4v) is 9.28. The highest BCUT2D eigenvalue weighted by Crippen LogP contribution is 2.42. The third kappa shape index (κ3) is 8.14. The summed E-state index contributed by atoms with van der Waals surface area (Å²) in [6.45, 7) is 5.57. The van der Waals surface area contributed by atoms with Crippen molar-refractivity contribution in [3.63, 3.8) is 0 Å². The largest absolute Gasteiger partial charge is 0.363 e. The fourth-order valence-electron chi connectivity index (χ4n) is 9.28. The first-order valence-electron chi connectivity index (χ1n) is 23.3. The predicted octanol–water partition coefficient (Wildman–Crippen LogP) is 10.9. The zero-order valence-electron chi connectivity index (χ0n) is 37.8. The summed E-state index contributed by atoms with van der Waals surface area (Å²) in [5, 5.41) is 18.5. The molecule has 1 aliphatic rings. The molecule has 14 nitrogen and oxygen atoms in total. The number of hydrogen-bond donors (Lipinski definition) is 1. The molecule has 1 aliphatic heterocycles. The zero-order valence-corrected chi connectivity index (χ0v) is 37.8. The van der Waals surface area contributed by atoms with Crippen molar-refractivity contribution in [1.82, 2.24) is 50.1 Å². The number of H-pyrrole nitrogens is 1. The third-order valence-corrected chi connectivity index (χ3v) is 12.7. The van der Waals surface area contributed by atoms with E-state index in [1.807, 2.05) is 91.1 Å². The highest BCUT2D eigenvalue weighted by Gasteiger charge is 2.40. The van der Waals surface area contributed by atoms with Gasteiger partial charge in [-0.2, -0.15) is 10.3 Å². The number of unbranched alkanes of at least 4 members (excludes halogenated alkanes) is 2. The molecule has 11 rings (SSSR count). The molecule has 68 heavy (non-hydrogen) atoms. The van der Waals surface area contributed by atoms with Gasteiger partial charge in [0.2, 0.25) is 5.82 Å². The number of nitrogens with zero attached hydrogens (tertiary/aromatic N) is 11. The molecule has 0 spiro atoms. The van der Waals surface area contributed by atoms with Gasteiger partial charge in [-0.25, -0.2) is 29.7 Å². The van der Waals surface area contributed by atoms with E-state index in [9.17, 15) is 4.79 Å². The average molecular weight is 897 g/mol. The number of nitrogens with one attached hydrogen (secondary N) is 1. The van der Waals surface area contributed by atoms with E-state index in [0.717, 1.165) is 117 Å². The van der Waals surface area contributed by atoms with E-state index in [1.165, 1.54) is 0 Å². The summed E-state index contributed by atoms with van der Waals surface area (Å²) in [6.07, 6.45) is 9.05. The zero-order chi connectivity index (χ0) is 46.0. The number of fused-ring (bicyclic) bond motifs is 4. The number of carbonyl (C=O) groups excluding carboxylic acids is 1. The quantitative estimate of drug-likeness (QED) is 0.104. The van der Waals surface area contributed by atoms with Crippen molar-refractivity contribution in [3.05, 3.63) is 168 Å². The molecule has 0 amide bonds. The molecule has 336 valence electrons. The van der Waals surface area contributed by atoms with Gasteiger partial charge < -0.3 is 14.3 Å². The lowest BCUT2D eigenvalue weighted by atomic mass is 10.0. The van der Waals surface area contributed by atoms with Crippen molar-refractivity contribution in [2.45, 2.75) is 71.6 Å². The normalized spacial score (nSPS) is 13.5. The number of aryl methyl sites for hydroxylation is 1. The van der Waals surface area contributed by atoms with Crippen molar-refractivity contribution in [1.29, 1.82) is 0 Å². The molecular formula is C54H48N12O2. The van der Waals surface area contributed by atoms with Gasteiger partial charge in [0.25, 0.3) is 0 Å². The van der Waals surface area contributed by atoms with Crippen LogP contribution in [0.1, 0.15) is 73.3 Å². The van der Waals surface area contributed by atoms with E-state index >= 15 is 0 Å². The monoisotopic (exact) mass is 896 g/mol. The van der Waals surface area contributed by atoms with Gasteiger partial charge in [0, 0.05) is 52.8 Å². The van der Waals surface area contributed by atoms with Gasteiger partial charge in [-0.1, -0.05) is 93.4 Å². The average Bonchev–Trinajstić information content (AvgIpc) is 4.12. The lowest BCUT2D eigenvalue weighted by Crippen LogP contribution is -2.44. The molecule has 10 aromatic rings. The number of rotatable bonds is 15. The van der Waals surface area contributed by atoms with Gasteiger partial charge in [0.1, 0.15) is 23.2 Å². The van der Waals surface area contributed by atoms with Crippen molar-refractivity contribution in [2.24, 2.45) is 0 Å². The van der Waals surface area contributed by atoms with Crippen molar-refractivity contribution < 1.29 is 9.63 Å². The van der Waals surface area contributed by atoms with Crippen molar-refractivity contribution >= 4 is 50.4 Å². The Hall–Kier alpha value is -8.39. The predicted molar refractivity (Wildman–Crippen MR) is 264 cm³/mol. The minimum absolute atomic E-state index is 0.291. The maximum absolute atomic E-state index is 14.5. The maximum Gasteiger partial charge on any atom is 0.363 e. The SMILES string of the molecule is CCCCc1nc2cccnc2n1Cc1ccc2nc(-c3ccccc3C(=O)ON3c4cccnc4N(Cc4ccc5nc(-c6ccccc6-c6nn[nH]n6)ccc5c4)C3CCCC)ccc2c1. The van der Waals surface area contributed by atoms with Crippen LogP contribution < -0.4 is 9.96 Å². The topological polar surface area (TPSA) is 157 Å². The summed E-state index contributed by atoms with van der Waals surface area (Å²) in [4.78, 5) is 47.9. The number of pyridine rings is 4. The highest BCUT2D eigenvalue weighted by atomic mass is 16.7. The number of aromatic amines is 1. The van der Waals surface area contributed by atoms with Gasteiger partial charge in [-0.15, -0.1) is 10.2 Å². The first-order valence-corrected chi connectivity index (χ1v) is 23.3. The molecule has 0 aliphatic carbocycles. The molecule has 6 aromatic heterocycles. The number of hydroxylamine groups is 1. The molecule has 0 bridgehead atoms. The number of benzene rings is 4.